The molecule has 0 aliphatic rings. The van der Waals surface area contributed by atoms with E-state index in [-0.39, 0.29) is 24.2 Å². The van der Waals surface area contributed by atoms with Crippen LogP contribution in [-0.4, -0.2) is 11.8 Å². The third kappa shape index (κ3) is 4.62. The molecule has 3 aromatic rings. The minimum atomic E-state index is -0.371. The summed E-state index contributed by atoms with van der Waals surface area (Å²) in [5.74, 6) is -1.04. The zero-order valence-electron chi connectivity index (χ0n) is 15.8. The Morgan fingerprint density at radius 1 is 0.821 bits per heavy atom. The SMILES string of the molecule is Cc1ccc(NC(=O)c2cccc(C(=O)NCc3ccccc3F)c2)cc1C. The number of hydrogen-bond donors (Lipinski definition) is 2. The van der Waals surface area contributed by atoms with Gasteiger partial charge < -0.3 is 10.6 Å². The Balaban J connectivity index is 1.68. The molecule has 0 radical (unpaired) electrons. The first kappa shape index (κ1) is 19.3. The summed E-state index contributed by atoms with van der Waals surface area (Å²) in [7, 11) is 0. The molecule has 3 aromatic carbocycles. The van der Waals surface area contributed by atoms with E-state index < -0.39 is 0 Å². The molecule has 3 rings (SSSR count). The molecule has 2 N–H and O–H groups in total. The number of amides is 2. The van der Waals surface area contributed by atoms with Crippen molar-refractivity contribution in [2.24, 2.45) is 0 Å². The highest BCUT2D eigenvalue weighted by Gasteiger charge is 2.12. The Kier molecular flexibility index (Phi) is 5.84. The van der Waals surface area contributed by atoms with Crippen molar-refractivity contribution < 1.29 is 14.0 Å². The molecular formula is C23H21FN2O2. The Morgan fingerprint density at radius 3 is 2.25 bits per heavy atom. The van der Waals surface area contributed by atoms with Gasteiger partial charge in [-0.25, -0.2) is 4.39 Å². The quantitative estimate of drug-likeness (QED) is 0.682. The summed E-state index contributed by atoms with van der Waals surface area (Å²) < 4.78 is 13.7. The van der Waals surface area contributed by atoms with Gasteiger partial charge in [0.1, 0.15) is 5.82 Å². The zero-order chi connectivity index (χ0) is 20.1. The first-order valence-electron chi connectivity index (χ1n) is 8.94. The van der Waals surface area contributed by atoms with E-state index in [9.17, 15) is 14.0 Å². The summed E-state index contributed by atoms with van der Waals surface area (Å²) in [5.41, 5.74) is 4.04. The number of benzene rings is 3. The number of carbonyl (C=O) groups is 2. The molecule has 0 saturated carbocycles. The fourth-order valence-corrected chi connectivity index (χ4v) is 2.74. The number of aryl methyl sites for hydroxylation is 2. The van der Waals surface area contributed by atoms with Crippen molar-refractivity contribution in [2.45, 2.75) is 20.4 Å². The van der Waals surface area contributed by atoms with Crippen molar-refractivity contribution >= 4 is 17.5 Å². The van der Waals surface area contributed by atoms with Gasteiger partial charge in [0.05, 0.1) is 0 Å². The maximum atomic E-state index is 13.7. The van der Waals surface area contributed by atoms with Crippen molar-refractivity contribution in [3.8, 4) is 0 Å². The lowest BCUT2D eigenvalue weighted by molar-refractivity contribution is 0.0950. The molecule has 5 heteroatoms. The van der Waals surface area contributed by atoms with Crippen LogP contribution in [0, 0.1) is 19.7 Å². The second-order valence-electron chi connectivity index (χ2n) is 6.61. The van der Waals surface area contributed by atoms with Gasteiger partial charge in [0.15, 0.2) is 0 Å². The standard InChI is InChI=1S/C23H21FN2O2/c1-15-10-11-20(12-16(15)2)26-23(28)18-8-5-7-17(13-18)22(27)25-14-19-6-3-4-9-21(19)24/h3-13H,14H2,1-2H3,(H,25,27)(H,26,28). The summed E-state index contributed by atoms with van der Waals surface area (Å²) in [6, 6.07) is 18.4. The molecule has 0 saturated heterocycles. The van der Waals surface area contributed by atoms with Crippen LogP contribution >= 0.6 is 0 Å². The molecule has 0 spiro atoms. The second-order valence-corrected chi connectivity index (χ2v) is 6.61. The molecule has 0 unspecified atom stereocenters. The number of halogens is 1. The van der Waals surface area contributed by atoms with E-state index in [1.165, 1.54) is 12.1 Å². The molecule has 2 amide bonds. The molecule has 0 atom stereocenters. The normalized spacial score (nSPS) is 10.4. The lowest BCUT2D eigenvalue weighted by Gasteiger charge is -2.10. The third-order valence-corrected chi connectivity index (χ3v) is 4.55. The first-order chi connectivity index (χ1) is 13.4. The maximum absolute atomic E-state index is 13.7. The van der Waals surface area contributed by atoms with Crippen LogP contribution in [0.5, 0.6) is 0 Å². The van der Waals surface area contributed by atoms with Gasteiger partial charge in [0.25, 0.3) is 11.8 Å². The van der Waals surface area contributed by atoms with Gasteiger partial charge in [-0.05, 0) is 61.4 Å². The molecule has 4 nitrogen and oxygen atoms in total. The second kappa shape index (κ2) is 8.48. The molecule has 142 valence electrons. The first-order valence-corrected chi connectivity index (χ1v) is 8.94. The molecule has 0 aromatic heterocycles. The van der Waals surface area contributed by atoms with E-state index >= 15 is 0 Å². The Labute approximate surface area is 163 Å². The summed E-state index contributed by atoms with van der Waals surface area (Å²) in [6.45, 7) is 4.06. The molecular weight excluding hydrogens is 355 g/mol. The van der Waals surface area contributed by atoms with Gasteiger partial charge in [-0.15, -0.1) is 0 Å². The monoisotopic (exact) mass is 376 g/mol. The summed E-state index contributed by atoms with van der Waals surface area (Å²) >= 11 is 0. The van der Waals surface area contributed by atoms with Gasteiger partial charge in [-0.2, -0.15) is 0 Å². The Morgan fingerprint density at radius 2 is 1.54 bits per heavy atom. The maximum Gasteiger partial charge on any atom is 0.255 e. The largest absolute Gasteiger partial charge is 0.348 e. The Bertz CT molecular complexity index is 1030. The minimum absolute atomic E-state index is 0.0740. The van der Waals surface area contributed by atoms with E-state index in [0.717, 1.165) is 11.1 Å². The van der Waals surface area contributed by atoms with Gasteiger partial charge in [-0.3, -0.25) is 9.59 Å². The number of anilines is 1. The van der Waals surface area contributed by atoms with Crippen LogP contribution in [0.3, 0.4) is 0 Å². The van der Waals surface area contributed by atoms with E-state index in [0.29, 0.717) is 22.4 Å². The highest BCUT2D eigenvalue weighted by molar-refractivity contribution is 6.06. The van der Waals surface area contributed by atoms with E-state index in [4.69, 9.17) is 0 Å². The fourth-order valence-electron chi connectivity index (χ4n) is 2.74. The van der Waals surface area contributed by atoms with Crippen LogP contribution in [0.15, 0.2) is 66.7 Å². The molecule has 0 fully saturated rings. The number of nitrogens with one attached hydrogen (secondary N) is 2. The number of rotatable bonds is 5. The Hall–Kier alpha value is -3.47. The zero-order valence-corrected chi connectivity index (χ0v) is 15.8. The van der Waals surface area contributed by atoms with E-state index in [1.807, 2.05) is 32.0 Å². The van der Waals surface area contributed by atoms with Crippen LogP contribution in [0.2, 0.25) is 0 Å². The van der Waals surface area contributed by atoms with Crippen molar-refractivity contribution in [3.63, 3.8) is 0 Å². The van der Waals surface area contributed by atoms with E-state index in [1.54, 1.807) is 36.4 Å². The third-order valence-electron chi connectivity index (χ3n) is 4.55. The predicted molar refractivity (Wildman–Crippen MR) is 108 cm³/mol. The van der Waals surface area contributed by atoms with Crippen molar-refractivity contribution in [1.82, 2.24) is 5.32 Å². The molecule has 28 heavy (non-hydrogen) atoms. The average molecular weight is 376 g/mol. The average Bonchev–Trinajstić information content (AvgIpc) is 2.70. The lowest BCUT2D eigenvalue weighted by atomic mass is 10.1. The van der Waals surface area contributed by atoms with Crippen molar-refractivity contribution in [3.05, 3.63) is 100 Å². The van der Waals surface area contributed by atoms with Crippen molar-refractivity contribution in [1.29, 1.82) is 0 Å². The summed E-state index contributed by atoms with van der Waals surface area (Å²) in [5, 5.41) is 5.51. The predicted octanol–water partition coefficient (Wildman–Crippen LogP) is 4.62. The molecule has 0 heterocycles. The molecule has 0 bridgehead atoms. The highest BCUT2D eigenvalue weighted by atomic mass is 19.1. The summed E-state index contributed by atoms with van der Waals surface area (Å²) in [4.78, 5) is 24.9. The topological polar surface area (TPSA) is 58.2 Å². The van der Waals surface area contributed by atoms with Crippen LogP contribution in [0.1, 0.15) is 37.4 Å². The minimum Gasteiger partial charge on any atom is -0.348 e. The van der Waals surface area contributed by atoms with Gasteiger partial charge in [0.2, 0.25) is 0 Å². The van der Waals surface area contributed by atoms with Gasteiger partial charge in [0, 0.05) is 28.9 Å². The molecule has 0 aliphatic carbocycles. The lowest BCUT2D eigenvalue weighted by Crippen LogP contribution is -2.24. The smallest absolute Gasteiger partial charge is 0.255 e. The number of hydrogen-bond acceptors (Lipinski definition) is 2. The van der Waals surface area contributed by atoms with Crippen LogP contribution < -0.4 is 10.6 Å². The van der Waals surface area contributed by atoms with Crippen LogP contribution in [0.25, 0.3) is 0 Å². The number of carbonyl (C=O) groups excluding carboxylic acids is 2. The van der Waals surface area contributed by atoms with Gasteiger partial charge >= 0.3 is 0 Å². The van der Waals surface area contributed by atoms with E-state index in [2.05, 4.69) is 10.6 Å². The van der Waals surface area contributed by atoms with Crippen LogP contribution in [-0.2, 0) is 6.54 Å². The highest BCUT2D eigenvalue weighted by Crippen LogP contribution is 2.16. The van der Waals surface area contributed by atoms with Gasteiger partial charge in [-0.1, -0.05) is 30.3 Å². The van der Waals surface area contributed by atoms with Crippen molar-refractivity contribution in [2.75, 3.05) is 5.32 Å². The van der Waals surface area contributed by atoms with Crippen LogP contribution in [0.4, 0.5) is 10.1 Å². The fraction of sp³-hybridized carbons (Fsp3) is 0.130. The summed E-state index contributed by atoms with van der Waals surface area (Å²) in [6.07, 6.45) is 0. The molecule has 0 aliphatic heterocycles.